The molecule has 0 saturated heterocycles. The number of hydrogen-bond acceptors (Lipinski definition) is 2. The molecule has 0 unspecified atom stereocenters. The SMILES string of the molecule is Cc1ccc(C)c(N=C(N)SCc2cccc3ccccc23)c1. The third-order valence-electron chi connectivity index (χ3n) is 3.85. The molecule has 0 aromatic heterocycles. The molecule has 0 heterocycles. The van der Waals surface area contributed by atoms with Gasteiger partial charge in [-0.05, 0) is 47.4 Å². The van der Waals surface area contributed by atoms with Crippen molar-refractivity contribution in [3.63, 3.8) is 0 Å². The van der Waals surface area contributed by atoms with E-state index in [9.17, 15) is 0 Å². The molecule has 0 aliphatic rings. The van der Waals surface area contributed by atoms with Crippen molar-refractivity contribution in [2.75, 3.05) is 0 Å². The monoisotopic (exact) mass is 320 g/mol. The number of amidine groups is 1. The van der Waals surface area contributed by atoms with Crippen LogP contribution in [0.5, 0.6) is 0 Å². The number of hydrogen-bond donors (Lipinski definition) is 1. The summed E-state index contributed by atoms with van der Waals surface area (Å²) < 4.78 is 0. The second-order valence-electron chi connectivity index (χ2n) is 5.67. The standard InChI is InChI=1S/C20H20N2S/c1-14-10-11-15(2)19(12-14)22-20(21)23-13-17-8-5-7-16-6-3-4-9-18(16)17/h3-12H,13H2,1-2H3,(H2,21,22). The van der Waals surface area contributed by atoms with E-state index in [1.54, 1.807) is 11.8 Å². The Morgan fingerprint density at radius 3 is 2.65 bits per heavy atom. The third-order valence-corrected chi connectivity index (χ3v) is 4.69. The van der Waals surface area contributed by atoms with E-state index in [0.29, 0.717) is 5.17 Å². The molecule has 2 nitrogen and oxygen atoms in total. The maximum atomic E-state index is 6.13. The molecule has 116 valence electrons. The van der Waals surface area contributed by atoms with Crippen molar-refractivity contribution in [2.45, 2.75) is 19.6 Å². The van der Waals surface area contributed by atoms with Gasteiger partial charge in [-0.15, -0.1) is 0 Å². The lowest BCUT2D eigenvalue weighted by Gasteiger charge is -2.07. The van der Waals surface area contributed by atoms with Gasteiger partial charge in [0.05, 0.1) is 5.69 Å². The first-order valence-electron chi connectivity index (χ1n) is 7.64. The molecular formula is C20H20N2S. The van der Waals surface area contributed by atoms with Gasteiger partial charge in [-0.3, -0.25) is 0 Å². The van der Waals surface area contributed by atoms with Crippen molar-refractivity contribution in [3.05, 3.63) is 77.4 Å². The van der Waals surface area contributed by atoms with E-state index in [1.165, 1.54) is 21.9 Å². The molecule has 3 heteroatoms. The summed E-state index contributed by atoms with van der Waals surface area (Å²) in [5.74, 6) is 0.821. The summed E-state index contributed by atoms with van der Waals surface area (Å²) in [5.41, 5.74) is 10.7. The average molecular weight is 320 g/mol. The van der Waals surface area contributed by atoms with E-state index in [-0.39, 0.29) is 0 Å². The number of aryl methyl sites for hydroxylation is 2. The molecule has 0 aliphatic heterocycles. The molecule has 3 rings (SSSR count). The van der Waals surface area contributed by atoms with Crippen molar-refractivity contribution in [1.82, 2.24) is 0 Å². The van der Waals surface area contributed by atoms with Gasteiger partial charge in [-0.2, -0.15) is 0 Å². The summed E-state index contributed by atoms with van der Waals surface area (Å²) in [5, 5.41) is 3.14. The van der Waals surface area contributed by atoms with E-state index in [0.717, 1.165) is 17.0 Å². The number of fused-ring (bicyclic) bond motifs is 1. The summed E-state index contributed by atoms with van der Waals surface area (Å²) in [6.07, 6.45) is 0. The van der Waals surface area contributed by atoms with Crippen LogP contribution < -0.4 is 5.73 Å². The van der Waals surface area contributed by atoms with Gasteiger partial charge in [0.25, 0.3) is 0 Å². The van der Waals surface area contributed by atoms with E-state index >= 15 is 0 Å². The zero-order chi connectivity index (χ0) is 16.2. The fourth-order valence-corrected chi connectivity index (χ4v) is 3.28. The van der Waals surface area contributed by atoms with Gasteiger partial charge < -0.3 is 5.73 Å². The minimum Gasteiger partial charge on any atom is -0.378 e. The Hall–Kier alpha value is -2.26. The Balaban J connectivity index is 1.79. The largest absolute Gasteiger partial charge is 0.378 e. The Morgan fingerprint density at radius 1 is 1.00 bits per heavy atom. The topological polar surface area (TPSA) is 38.4 Å². The van der Waals surface area contributed by atoms with E-state index in [1.807, 2.05) is 0 Å². The predicted octanol–water partition coefficient (Wildman–Crippen LogP) is 5.34. The molecule has 0 bridgehead atoms. The van der Waals surface area contributed by atoms with E-state index in [2.05, 4.69) is 79.5 Å². The van der Waals surface area contributed by atoms with Crippen LogP contribution in [0.4, 0.5) is 5.69 Å². The van der Waals surface area contributed by atoms with Gasteiger partial charge in [-0.25, -0.2) is 4.99 Å². The summed E-state index contributed by atoms with van der Waals surface area (Å²) in [4.78, 5) is 4.57. The summed E-state index contributed by atoms with van der Waals surface area (Å²) >= 11 is 1.58. The maximum absolute atomic E-state index is 6.13. The highest BCUT2D eigenvalue weighted by Gasteiger charge is 2.03. The van der Waals surface area contributed by atoms with Gasteiger partial charge >= 0.3 is 0 Å². The van der Waals surface area contributed by atoms with Gasteiger partial charge in [0.2, 0.25) is 0 Å². The maximum Gasteiger partial charge on any atom is 0.159 e. The summed E-state index contributed by atoms with van der Waals surface area (Å²) in [7, 11) is 0. The Morgan fingerprint density at radius 2 is 1.78 bits per heavy atom. The van der Waals surface area contributed by atoms with Crippen LogP contribution in [0, 0.1) is 13.8 Å². The lowest BCUT2D eigenvalue weighted by atomic mass is 10.1. The minimum atomic E-state index is 0.603. The molecule has 0 fully saturated rings. The quantitative estimate of drug-likeness (QED) is 0.523. The minimum absolute atomic E-state index is 0.603. The van der Waals surface area contributed by atoms with Crippen molar-refractivity contribution in [1.29, 1.82) is 0 Å². The Kier molecular flexibility index (Phi) is 4.68. The molecule has 3 aromatic rings. The van der Waals surface area contributed by atoms with Crippen molar-refractivity contribution in [2.24, 2.45) is 10.7 Å². The number of benzene rings is 3. The van der Waals surface area contributed by atoms with Crippen molar-refractivity contribution in [3.8, 4) is 0 Å². The van der Waals surface area contributed by atoms with E-state index < -0.39 is 0 Å². The van der Waals surface area contributed by atoms with Gasteiger partial charge in [0.15, 0.2) is 5.17 Å². The average Bonchev–Trinajstić information content (AvgIpc) is 2.56. The summed E-state index contributed by atoms with van der Waals surface area (Å²) in [6.45, 7) is 4.12. The molecule has 0 saturated carbocycles. The van der Waals surface area contributed by atoms with Crippen molar-refractivity contribution >= 4 is 33.4 Å². The first-order chi connectivity index (χ1) is 11.1. The Bertz CT molecular complexity index is 863. The van der Waals surface area contributed by atoms with Crippen LogP contribution in [0.1, 0.15) is 16.7 Å². The molecule has 2 N–H and O–H groups in total. The van der Waals surface area contributed by atoms with Crippen LogP contribution in [0.15, 0.2) is 65.7 Å². The highest BCUT2D eigenvalue weighted by Crippen LogP contribution is 2.25. The van der Waals surface area contributed by atoms with E-state index in [4.69, 9.17) is 5.73 Å². The summed E-state index contributed by atoms with van der Waals surface area (Å²) in [6, 6.07) is 21.1. The molecular weight excluding hydrogens is 300 g/mol. The smallest absolute Gasteiger partial charge is 0.159 e. The normalized spacial score (nSPS) is 11.8. The molecule has 0 aliphatic carbocycles. The number of nitrogens with zero attached hydrogens (tertiary/aromatic N) is 1. The molecule has 23 heavy (non-hydrogen) atoms. The second kappa shape index (κ2) is 6.88. The number of aliphatic imine (C=N–C) groups is 1. The first-order valence-corrected chi connectivity index (χ1v) is 8.63. The molecule has 0 spiro atoms. The Labute approximate surface area is 141 Å². The molecule has 0 atom stereocenters. The van der Waals surface area contributed by atoms with Crippen LogP contribution in [0.25, 0.3) is 10.8 Å². The van der Waals surface area contributed by atoms with Gasteiger partial charge in [-0.1, -0.05) is 66.4 Å². The zero-order valence-electron chi connectivity index (χ0n) is 13.4. The van der Waals surface area contributed by atoms with Crippen LogP contribution >= 0.6 is 11.8 Å². The first kappa shape index (κ1) is 15.6. The number of nitrogens with two attached hydrogens (primary N) is 1. The molecule has 0 radical (unpaired) electrons. The lowest BCUT2D eigenvalue weighted by Crippen LogP contribution is -2.06. The molecule has 3 aromatic carbocycles. The van der Waals surface area contributed by atoms with Crippen LogP contribution in [0.3, 0.4) is 0 Å². The van der Waals surface area contributed by atoms with Crippen LogP contribution in [-0.2, 0) is 5.75 Å². The highest BCUT2D eigenvalue weighted by atomic mass is 32.2. The zero-order valence-corrected chi connectivity index (χ0v) is 14.2. The molecule has 0 amide bonds. The van der Waals surface area contributed by atoms with Crippen LogP contribution in [-0.4, -0.2) is 5.17 Å². The fourth-order valence-electron chi connectivity index (χ4n) is 2.56. The second-order valence-corrected chi connectivity index (χ2v) is 6.66. The number of thioether (sulfide) groups is 1. The van der Waals surface area contributed by atoms with Crippen LogP contribution in [0.2, 0.25) is 0 Å². The van der Waals surface area contributed by atoms with Crippen molar-refractivity contribution < 1.29 is 0 Å². The third kappa shape index (κ3) is 3.74. The fraction of sp³-hybridized carbons (Fsp3) is 0.150. The number of rotatable bonds is 3. The predicted molar refractivity (Wildman–Crippen MR) is 102 cm³/mol. The van der Waals surface area contributed by atoms with Gasteiger partial charge in [0.1, 0.15) is 0 Å². The highest BCUT2D eigenvalue weighted by molar-refractivity contribution is 8.13. The van der Waals surface area contributed by atoms with Gasteiger partial charge in [0, 0.05) is 5.75 Å². The lowest BCUT2D eigenvalue weighted by molar-refractivity contribution is 1.35.